The average Bonchev–Trinajstić information content (AvgIpc) is 2.93. The van der Waals surface area contributed by atoms with Crippen LogP contribution in [0.1, 0.15) is 42.2 Å². The van der Waals surface area contributed by atoms with E-state index >= 15 is 0 Å². The number of nitrogens with one attached hydrogen (secondary N) is 2. The second kappa shape index (κ2) is 6.97. The van der Waals surface area contributed by atoms with Crippen LogP contribution in [0.5, 0.6) is 0 Å². The molecule has 2 rings (SSSR count). The molecule has 1 amide bonds. The number of carbonyl (C=O) groups excluding carboxylic acids is 1. The highest BCUT2D eigenvalue weighted by Gasteiger charge is 2.28. The first-order valence-corrected chi connectivity index (χ1v) is 8.49. The smallest absolute Gasteiger partial charge is 0.251 e. The van der Waals surface area contributed by atoms with Crippen LogP contribution in [0.2, 0.25) is 0 Å². The molecule has 0 saturated heterocycles. The van der Waals surface area contributed by atoms with Crippen molar-refractivity contribution in [3.8, 4) is 0 Å². The van der Waals surface area contributed by atoms with Crippen molar-refractivity contribution in [2.24, 2.45) is 0 Å². The van der Waals surface area contributed by atoms with E-state index in [2.05, 4.69) is 21.9 Å². The maximum Gasteiger partial charge on any atom is 0.251 e. The summed E-state index contributed by atoms with van der Waals surface area (Å²) in [5, 5.41) is 6.75. The van der Waals surface area contributed by atoms with Crippen molar-refractivity contribution < 1.29 is 4.79 Å². The van der Waals surface area contributed by atoms with Crippen molar-refractivity contribution in [2.75, 3.05) is 18.6 Å². The number of carbonyl (C=O) groups is 1. The van der Waals surface area contributed by atoms with Crippen LogP contribution >= 0.6 is 11.8 Å². The summed E-state index contributed by atoms with van der Waals surface area (Å²) in [6, 6.07) is 4.00. The molecule has 1 aliphatic carbocycles. The molecule has 1 fully saturated rings. The fourth-order valence-corrected chi connectivity index (χ4v) is 3.59. The summed E-state index contributed by atoms with van der Waals surface area (Å²) in [5.74, 6) is 0.770. The maximum atomic E-state index is 12.4. The Kier molecular flexibility index (Phi) is 5.29. The van der Waals surface area contributed by atoms with Crippen molar-refractivity contribution in [2.45, 2.75) is 43.9 Å². The number of rotatable bonds is 5. The zero-order chi connectivity index (χ0) is 14.5. The molecule has 0 radical (unpaired) electrons. The molecule has 110 valence electrons. The molecule has 1 aromatic heterocycles. The third-order valence-electron chi connectivity index (χ3n) is 3.83. The number of amides is 1. The Balaban J connectivity index is 2.12. The topological polar surface area (TPSA) is 54.0 Å². The quantitative estimate of drug-likeness (QED) is 0.876. The minimum Gasteiger partial charge on any atom is -0.373 e. The number of pyridine rings is 1. The van der Waals surface area contributed by atoms with Crippen LogP contribution in [0.4, 0.5) is 5.82 Å². The van der Waals surface area contributed by atoms with Crippen molar-refractivity contribution in [1.29, 1.82) is 0 Å². The lowest BCUT2D eigenvalue weighted by Gasteiger charge is -2.19. The van der Waals surface area contributed by atoms with Gasteiger partial charge in [0.05, 0.1) is 0 Å². The summed E-state index contributed by atoms with van der Waals surface area (Å²) in [6.45, 7) is 2.05. The molecule has 20 heavy (non-hydrogen) atoms. The van der Waals surface area contributed by atoms with Crippen LogP contribution in [0.15, 0.2) is 12.1 Å². The normalized spacial score (nSPS) is 21.8. The number of hydrogen-bond donors (Lipinski definition) is 2. The molecule has 0 aliphatic heterocycles. The Hall–Kier alpha value is -1.23. The monoisotopic (exact) mass is 293 g/mol. The summed E-state index contributed by atoms with van der Waals surface area (Å²) in [7, 11) is 1.82. The van der Waals surface area contributed by atoms with Gasteiger partial charge in [-0.1, -0.05) is 13.3 Å². The summed E-state index contributed by atoms with van der Waals surface area (Å²) >= 11 is 1.85. The van der Waals surface area contributed by atoms with Gasteiger partial charge in [-0.05, 0) is 37.7 Å². The minimum absolute atomic E-state index is 0.0181. The van der Waals surface area contributed by atoms with E-state index in [0.29, 0.717) is 16.9 Å². The second-order valence-electron chi connectivity index (χ2n) is 5.12. The Bertz CT molecular complexity index is 456. The van der Waals surface area contributed by atoms with E-state index in [4.69, 9.17) is 0 Å². The van der Waals surface area contributed by atoms with E-state index in [-0.39, 0.29) is 5.91 Å². The van der Waals surface area contributed by atoms with Crippen molar-refractivity contribution in [3.63, 3.8) is 0 Å². The van der Waals surface area contributed by atoms with Gasteiger partial charge in [-0.2, -0.15) is 11.8 Å². The number of aryl methyl sites for hydroxylation is 1. The van der Waals surface area contributed by atoms with E-state index in [1.165, 1.54) is 12.8 Å². The van der Waals surface area contributed by atoms with E-state index < -0.39 is 0 Å². The third-order valence-corrected chi connectivity index (χ3v) is 5.00. The van der Waals surface area contributed by atoms with Gasteiger partial charge in [-0.3, -0.25) is 4.79 Å². The van der Waals surface area contributed by atoms with Crippen molar-refractivity contribution in [3.05, 3.63) is 23.4 Å². The predicted molar refractivity (Wildman–Crippen MR) is 85.6 cm³/mol. The standard InChI is InChI=1S/C15H23N3OS/c1-4-11-8-10(9-14(16-2)17-11)15(19)18-12-6-5-7-13(12)20-3/h8-9,12-13H,4-7H2,1-3H3,(H,16,17)(H,18,19). The molecule has 2 unspecified atom stereocenters. The molecule has 0 aromatic carbocycles. The number of nitrogens with zero attached hydrogens (tertiary/aromatic N) is 1. The highest BCUT2D eigenvalue weighted by atomic mass is 32.2. The van der Waals surface area contributed by atoms with Crippen LogP contribution in [0, 0.1) is 0 Å². The first-order valence-electron chi connectivity index (χ1n) is 7.20. The fraction of sp³-hybridized carbons (Fsp3) is 0.600. The summed E-state index contributed by atoms with van der Waals surface area (Å²) < 4.78 is 0. The van der Waals surface area contributed by atoms with Gasteiger partial charge < -0.3 is 10.6 Å². The Morgan fingerprint density at radius 2 is 2.25 bits per heavy atom. The minimum atomic E-state index is 0.0181. The Labute approximate surface area is 125 Å². The van der Waals surface area contributed by atoms with Gasteiger partial charge in [-0.25, -0.2) is 4.98 Å². The SMILES string of the molecule is CCc1cc(C(=O)NC2CCCC2SC)cc(NC)n1. The van der Waals surface area contributed by atoms with E-state index in [9.17, 15) is 4.79 Å². The number of hydrogen-bond acceptors (Lipinski definition) is 4. The highest BCUT2D eigenvalue weighted by Crippen LogP contribution is 2.28. The van der Waals surface area contributed by atoms with Crippen LogP contribution < -0.4 is 10.6 Å². The largest absolute Gasteiger partial charge is 0.373 e. The van der Waals surface area contributed by atoms with Gasteiger partial charge in [0, 0.05) is 29.6 Å². The molecule has 2 N–H and O–H groups in total. The molecule has 5 heteroatoms. The zero-order valence-electron chi connectivity index (χ0n) is 12.4. The molecule has 1 saturated carbocycles. The van der Waals surface area contributed by atoms with E-state index in [0.717, 1.165) is 24.4 Å². The van der Waals surface area contributed by atoms with Crippen LogP contribution in [-0.4, -0.2) is 35.5 Å². The van der Waals surface area contributed by atoms with E-state index in [1.54, 1.807) is 0 Å². The molecule has 2 atom stereocenters. The molecule has 0 bridgehead atoms. The average molecular weight is 293 g/mol. The highest BCUT2D eigenvalue weighted by molar-refractivity contribution is 7.99. The molecular weight excluding hydrogens is 270 g/mol. The lowest BCUT2D eigenvalue weighted by molar-refractivity contribution is 0.0938. The molecule has 1 heterocycles. The molecule has 1 aliphatic rings. The van der Waals surface area contributed by atoms with Crippen LogP contribution in [-0.2, 0) is 6.42 Å². The molecule has 4 nitrogen and oxygen atoms in total. The number of thioether (sulfide) groups is 1. The van der Waals surface area contributed by atoms with Gasteiger partial charge >= 0.3 is 0 Å². The second-order valence-corrected chi connectivity index (χ2v) is 6.20. The first kappa shape index (κ1) is 15.2. The first-order chi connectivity index (χ1) is 9.67. The lowest BCUT2D eigenvalue weighted by Crippen LogP contribution is -2.38. The van der Waals surface area contributed by atoms with Crippen molar-refractivity contribution >= 4 is 23.5 Å². The number of aromatic nitrogens is 1. The van der Waals surface area contributed by atoms with Gasteiger partial charge in [-0.15, -0.1) is 0 Å². The van der Waals surface area contributed by atoms with Crippen LogP contribution in [0.25, 0.3) is 0 Å². The zero-order valence-corrected chi connectivity index (χ0v) is 13.2. The molecule has 1 aromatic rings. The van der Waals surface area contributed by atoms with E-state index in [1.807, 2.05) is 37.9 Å². The summed E-state index contributed by atoms with van der Waals surface area (Å²) in [6.07, 6.45) is 6.43. The van der Waals surface area contributed by atoms with Gasteiger partial charge in [0.25, 0.3) is 5.91 Å². The van der Waals surface area contributed by atoms with Gasteiger partial charge in [0.2, 0.25) is 0 Å². The van der Waals surface area contributed by atoms with Gasteiger partial charge in [0.1, 0.15) is 5.82 Å². The fourth-order valence-electron chi connectivity index (χ4n) is 2.65. The summed E-state index contributed by atoms with van der Waals surface area (Å²) in [4.78, 5) is 16.8. The lowest BCUT2D eigenvalue weighted by atomic mass is 10.1. The molecule has 0 spiro atoms. The summed E-state index contributed by atoms with van der Waals surface area (Å²) in [5.41, 5.74) is 1.64. The molecular formula is C15H23N3OS. The van der Waals surface area contributed by atoms with Gasteiger partial charge in [0.15, 0.2) is 0 Å². The van der Waals surface area contributed by atoms with Crippen molar-refractivity contribution in [1.82, 2.24) is 10.3 Å². The maximum absolute atomic E-state index is 12.4. The Morgan fingerprint density at radius 1 is 1.45 bits per heavy atom. The predicted octanol–water partition coefficient (Wildman–Crippen LogP) is 2.70. The number of anilines is 1. The Morgan fingerprint density at radius 3 is 2.90 bits per heavy atom. The third kappa shape index (κ3) is 3.45. The van der Waals surface area contributed by atoms with Crippen LogP contribution in [0.3, 0.4) is 0 Å².